The van der Waals surface area contributed by atoms with Crippen LogP contribution < -0.4 is 5.32 Å². The summed E-state index contributed by atoms with van der Waals surface area (Å²) >= 11 is 0. The highest BCUT2D eigenvalue weighted by molar-refractivity contribution is 5.78. The molecule has 1 amide bonds. The van der Waals surface area contributed by atoms with Crippen molar-refractivity contribution in [3.63, 3.8) is 0 Å². The summed E-state index contributed by atoms with van der Waals surface area (Å²) in [6.45, 7) is 5.43. The Bertz CT molecular complexity index is 316. The summed E-state index contributed by atoms with van der Waals surface area (Å²) in [7, 11) is 1.75. The van der Waals surface area contributed by atoms with Gasteiger partial charge in [-0.1, -0.05) is 19.8 Å². The number of carbonyl (C=O) groups excluding carboxylic acids is 1. The maximum absolute atomic E-state index is 12.2. The molecule has 0 aromatic heterocycles. The highest BCUT2D eigenvalue weighted by Gasteiger charge is 2.37. The van der Waals surface area contributed by atoms with Gasteiger partial charge >= 0.3 is 0 Å². The van der Waals surface area contributed by atoms with Gasteiger partial charge in [-0.3, -0.25) is 9.69 Å². The fraction of sp³-hybridized carbons (Fsp3) is 0.938. The van der Waals surface area contributed by atoms with Crippen molar-refractivity contribution in [2.45, 2.75) is 57.9 Å². The van der Waals surface area contributed by atoms with Crippen molar-refractivity contribution in [2.24, 2.45) is 5.41 Å². The summed E-state index contributed by atoms with van der Waals surface area (Å²) in [6.07, 6.45) is 8.58. The Hall–Kier alpha value is -0.610. The lowest BCUT2D eigenvalue weighted by Gasteiger charge is -2.41. The molecule has 0 aromatic carbocycles. The van der Waals surface area contributed by atoms with E-state index in [9.17, 15) is 4.79 Å². The Kier molecular flexibility index (Phi) is 5.85. The molecule has 1 saturated carbocycles. The molecule has 1 aliphatic carbocycles. The molecule has 1 heterocycles. The number of nitrogens with one attached hydrogen (secondary N) is 1. The molecule has 4 nitrogen and oxygen atoms in total. The van der Waals surface area contributed by atoms with Crippen LogP contribution in [0.5, 0.6) is 0 Å². The van der Waals surface area contributed by atoms with E-state index in [2.05, 4.69) is 17.1 Å². The van der Waals surface area contributed by atoms with Crippen LogP contribution in [0, 0.1) is 5.41 Å². The lowest BCUT2D eigenvalue weighted by atomic mass is 9.69. The molecule has 2 aliphatic rings. The van der Waals surface area contributed by atoms with Gasteiger partial charge in [-0.2, -0.15) is 0 Å². The summed E-state index contributed by atoms with van der Waals surface area (Å²) < 4.78 is 5.30. The number of amides is 1. The second-order valence-corrected chi connectivity index (χ2v) is 6.59. The number of likely N-dealkylation sites (tertiary alicyclic amines) is 1. The van der Waals surface area contributed by atoms with Crippen LogP contribution in [0.15, 0.2) is 0 Å². The van der Waals surface area contributed by atoms with E-state index in [-0.39, 0.29) is 11.3 Å². The predicted octanol–water partition coefficient (Wildman–Crippen LogP) is 2.18. The molecule has 20 heavy (non-hydrogen) atoms. The quantitative estimate of drug-likeness (QED) is 0.778. The minimum absolute atomic E-state index is 0.188. The molecule has 1 aliphatic heterocycles. The van der Waals surface area contributed by atoms with Gasteiger partial charge in [-0.25, -0.2) is 0 Å². The Balaban J connectivity index is 1.74. The van der Waals surface area contributed by atoms with Gasteiger partial charge in [0.2, 0.25) is 5.91 Å². The van der Waals surface area contributed by atoms with E-state index in [0.717, 1.165) is 26.1 Å². The van der Waals surface area contributed by atoms with E-state index in [4.69, 9.17) is 4.74 Å². The first-order valence-corrected chi connectivity index (χ1v) is 8.19. The second kappa shape index (κ2) is 7.41. The predicted molar refractivity (Wildman–Crippen MR) is 80.7 cm³/mol. The fourth-order valence-electron chi connectivity index (χ4n) is 3.61. The molecule has 0 bridgehead atoms. The van der Waals surface area contributed by atoms with Crippen molar-refractivity contribution >= 4 is 5.91 Å². The molecule has 1 atom stereocenters. The van der Waals surface area contributed by atoms with Crippen molar-refractivity contribution in [1.82, 2.24) is 10.2 Å². The molecule has 1 saturated heterocycles. The monoisotopic (exact) mass is 282 g/mol. The summed E-state index contributed by atoms with van der Waals surface area (Å²) in [5.41, 5.74) is 0.219. The number of nitrogens with zero attached hydrogens (tertiary/aromatic N) is 1. The molecular weight excluding hydrogens is 252 g/mol. The first kappa shape index (κ1) is 15.8. The van der Waals surface area contributed by atoms with Crippen molar-refractivity contribution in [2.75, 3.05) is 33.4 Å². The molecule has 2 rings (SSSR count). The lowest BCUT2D eigenvalue weighted by Crippen LogP contribution is -2.49. The smallest absolute Gasteiger partial charge is 0.234 e. The summed E-state index contributed by atoms with van der Waals surface area (Å²) in [5.74, 6) is 0.188. The molecule has 1 unspecified atom stereocenters. The number of piperidine rings is 1. The third kappa shape index (κ3) is 3.95. The average Bonchev–Trinajstić information content (AvgIpc) is 2.42. The molecule has 2 fully saturated rings. The SMILES string of the molecule is CCC1CCCCN1CC(=O)NCC1(COC)CCC1. The van der Waals surface area contributed by atoms with Gasteiger partial charge in [-0.15, -0.1) is 0 Å². The number of carbonyl (C=O) groups is 1. The van der Waals surface area contributed by atoms with Crippen LogP contribution >= 0.6 is 0 Å². The first-order valence-electron chi connectivity index (χ1n) is 8.19. The Morgan fingerprint density at radius 2 is 2.15 bits per heavy atom. The number of rotatable bonds is 7. The van der Waals surface area contributed by atoms with E-state index in [0.29, 0.717) is 12.6 Å². The molecule has 0 spiro atoms. The van der Waals surface area contributed by atoms with Crippen LogP contribution in [-0.4, -0.2) is 50.2 Å². The molecular formula is C16H30N2O2. The van der Waals surface area contributed by atoms with Crippen LogP contribution in [-0.2, 0) is 9.53 Å². The molecule has 4 heteroatoms. The highest BCUT2D eigenvalue weighted by Crippen LogP contribution is 2.40. The van der Waals surface area contributed by atoms with E-state index >= 15 is 0 Å². The van der Waals surface area contributed by atoms with E-state index in [1.807, 2.05) is 0 Å². The van der Waals surface area contributed by atoms with Crippen LogP contribution in [0.25, 0.3) is 0 Å². The second-order valence-electron chi connectivity index (χ2n) is 6.59. The molecule has 116 valence electrons. The van der Waals surface area contributed by atoms with Crippen molar-refractivity contribution in [3.05, 3.63) is 0 Å². The van der Waals surface area contributed by atoms with Gasteiger partial charge in [-0.05, 0) is 38.6 Å². The van der Waals surface area contributed by atoms with Gasteiger partial charge in [0.1, 0.15) is 0 Å². The van der Waals surface area contributed by atoms with Gasteiger partial charge in [0.15, 0.2) is 0 Å². The number of ether oxygens (including phenoxy) is 1. The molecule has 0 aromatic rings. The summed E-state index contributed by atoms with van der Waals surface area (Å²) in [5, 5.41) is 3.14. The molecule has 1 N–H and O–H groups in total. The third-order valence-electron chi connectivity index (χ3n) is 5.09. The van der Waals surface area contributed by atoms with Crippen molar-refractivity contribution in [1.29, 1.82) is 0 Å². The van der Waals surface area contributed by atoms with Gasteiger partial charge < -0.3 is 10.1 Å². The number of hydrogen-bond acceptors (Lipinski definition) is 3. The zero-order chi connectivity index (χ0) is 14.4. The maximum Gasteiger partial charge on any atom is 0.234 e. The minimum Gasteiger partial charge on any atom is -0.384 e. The zero-order valence-corrected chi connectivity index (χ0v) is 13.1. The van der Waals surface area contributed by atoms with Gasteiger partial charge in [0, 0.05) is 25.1 Å². The van der Waals surface area contributed by atoms with E-state index in [1.165, 1.54) is 38.5 Å². The average molecular weight is 282 g/mol. The van der Waals surface area contributed by atoms with Crippen LogP contribution in [0.1, 0.15) is 51.9 Å². The minimum atomic E-state index is 0.188. The van der Waals surface area contributed by atoms with Gasteiger partial charge in [0.25, 0.3) is 0 Å². The first-order chi connectivity index (χ1) is 9.69. The Labute approximate surface area is 123 Å². The van der Waals surface area contributed by atoms with E-state index < -0.39 is 0 Å². The topological polar surface area (TPSA) is 41.6 Å². The Morgan fingerprint density at radius 1 is 1.35 bits per heavy atom. The van der Waals surface area contributed by atoms with Crippen molar-refractivity contribution in [3.8, 4) is 0 Å². The maximum atomic E-state index is 12.2. The highest BCUT2D eigenvalue weighted by atomic mass is 16.5. The number of hydrogen-bond donors (Lipinski definition) is 1. The van der Waals surface area contributed by atoms with E-state index in [1.54, 1.807) is 7.11 Å². The summed E-state index contributed by atoms with van der Waals surface area (Å²) in [6, 6.07) is 0.603. The lowest BCUT2D eigenvalue weighted by molar-refractivity contribution is -0.124. The number of methoxy groups -OCH3 is 1. The van der Waals surface area contributed by atoms with Crippen LogP contribution in [0.4, 0.5) is 0 Å². The molecule has 0 radical (unpaired) electrons. The van der Waals surface area contributed by atoms with Crippen molar-refractivity contribution < 1.29 is 9.53 Å². The fourth-order valence-corrected chi connectivity index (χ4v) is 3.61. The van der Waals surface area contributed by atoms with Crippen LogP contribution in [0.3, 0.4) is 0 Å². The standard InChI is InChI=1S/C16H30N2O2/c1-3-14-7-4-5-10-18(14)11-15(19)17-12-16(13-20-2)8-6-9-16/h14H,3-13H2,1-2H3,(H,17,19). The van der Waals surface area contributed by atoms with Crippen LogP contribution in [0.2, 0.25) is 0 Å². The normalized spacial score (nSPS) is 26.0. The zero-order valence-electron chi connectivity index (χ0n) is 13.1. The van der Waals surface area contributed by atoms with Gasteiger partial charge in [0.05, 0.1) is 13.2 Å². The summed E-state index contributed by atoms with van der Waals surface area (Å²) in [4.78, 5) is 14.5. The largest absolute Gasteiger partial charge is 0.384 e. The Morgan fingerprint density at radius 3 is 2.75 bits per heavy atom. The third-order valence-corrected chi connectivity index (χ3v) is 5.09.